The van der Waals surface area contributed by atoms with Gasteiger partial charge in [0.25, 0.3) is 5.91 Å². The highest BCUT2D eigenvalue weighted by Crippen LogP contribution is 2.47. The molecule has 0 spiro atoms. The Hall–Kier alpha value is -4.18. The molecule has 1 aromatic carbocycles. The lowest BCUT2D eigenvalue weighted by Gasteiger charge is -2.34. The number of ether oxygens (including phenoxy) is 2. The number of rotatable bonds is 9. The Bertz CT molecular complexity index is 1730. The molecule has 0 radical (unpaired) electrons. The van der Waals surface area contributed by atoms with Crippen LogP contribution in [0.1, 0.15) is 19.2 Å². The standard InChI is InChI=1S/C29H31Cl2N9O3/c1-5-17(15-32)28(41)39-11-9-38(10-12-39)8-6-7-22-35-27-19(23-24(30)20(42-3)14-21(43-4)25(23)31)13-18-16-34-29(33-2)36-26(18)40(27)37-22/h5,13-14,16H,6-12H2,1-4H3,(H,33,34,36)/b17-5+. The van der Waals surface area contributed by atoms with Gasteiger partial charge in [0.2, 0.25) is 5.95 Å². The first-order valence-electron chi connectivity index (χ1n) is 13.7. The number of piperazine rings is 1. The summed E-state index contributed by atoms with van der Waals surface area (Å²) in [5.41, 5.74) is 2.44. The first-order valence-corrected chi connectivity index (χ1v) is 14.5. The fourth-order valence-corrected chi connectivity index (χ4v) is 5.83. The fourth-order valence-electron chi connectivity index (χ4n) is 5.12. The van der Waals surface area contributed by atoms with Crippen LogP contribution in [-0.2, 0) is 11.2 Å². The predicted molar refractivity (Wildman–Crippen MR) is 165 cm³/mol. The number of benzene rings is 1. The van der Waals surface area contributed by atoms with Crippen LogP contribution in [0.25, 0.3) is 27.8 Å². The summed E-state index contributed by atoms with van der Waals surface area (Å²) in [7, 11) is 4.81. The van der Waals surface area contributed by atoms with E-state index in [4.69, 9.17) is 42.8 Å². The topological polar surface area (TPSA) is 134 Å². The Kier molecular flexibility index (Phi) is 9.15. The van der Waals surface area contributed by atoms with Crippen LogP contribution in [0.5, 0.6) is 11.5 Å². The van der Waals surface area contributed by atoms with Crippen molar-refractivity contribution >= 4 is 51.7 Å². The number of aromatic nitrogens is 5. The number of amides is 1. The summed E-state index contributed by atoms with van der Waals surface area (Å²) in [6.07, 6.45) is 4.69. The van der Waals surface area contributed by atoms with Gasteiger partial charge in [0.1, 0.15) is 23.1 Å². The first-order chi connectivity index (χ1) is 20.8. The third-order valence-electron chi connectivity index (χ3n) is 7.43. The number of hydrogen-bond acceptors (Lipinski definition) is 10. The number of hydrogen-bond donors (Lipinski definition) is 1. The lowest BCUT2D eigenvalue weighted by molar-refractivity contribution is -0.128. The molecule has 5 rings (SSSR count). The van der Waals surface area contributed by atoms with E-state index in [-0.39, 0.29) is 11.5 Å². The number of halogens is 2. The first kappa shape index (κ1) is 30.3. The van der Waals surface area contributed by atoms with E-state index >= 15 is 0 Å². The smallest absolute Gasteiger partial charge is 0.264 e. The van der Waals surface area contributed by atoms with Gasteiger partial charge in [-0.2, -0.15) is 14.8 Å². The normalized spacial score (nSPS) is 14.3. The van der Waals surface area contributed by atoms with E-state index < -0.39 is 0 Å². The number of allylic oxidation sites excluding steroid dienone is 1. The average Bonchev–Trinajstić information content (AvgIpc) is 3.46. The van der Waals surface area contributed by atoms with Crippen molar-refractivity contribution in [3.63, 3.8) is 0 Å². The monoisotopic (exact) mass is 623 g/mol. The van der Waals surface area contributed by atoms with Gasteiger partial charge in [0.15, 0.2) is 17.1 Å². The lowest BCUT2D eigenvalue weighted by atomic mass is 10.0. The number of carbonyl (C=O) groups excluding carboxylic acids is 1. The zero-order valence-corrected chi connectivity index (χ0v) is 25.8. The molecule has 1 saturated heterocycles. The Labute approximate surface area is 258 Å². The molecule has 0 unspecified atom stereocenters. The number of nitriles is 1. The minimum Gasteiger partial charge on any atom is -0.495 e. The molecule has 4 aromatic rings. The molecule has 0 bridgehead atoms. The van der Waals surface area contributed by atoms with Crippen LogP contribution in [0.3, 0.4) is 0 Å². The molecule has 0 aliphatic carbocycles. The van der Waals surface area contributed by atoms with Crippen LogP contribution >= 0.6 is 23.2 Å². The van der Waals surface area contributed by atoms with Crippen molar-refractivity contribution in [1.82, 2.24) is 34.4 Å². The molecule has 4 heterocycles. The second kappa shape index (κ2) is 13.0. The van der Waals surface area contributed by atoms with E-state index in [1.165, 1.54) is 14.2 Å². The predicted octanol–water partition coefficient (Wildman–Crippen LogP) is 4.25. The van der Waals surface area contributed by atoms with E-state index in [0.717, 1.165) is 31.4 Å². The molecule has 3 aromatic heterocycles. The molecule has 1 aliphatic heterocycles. The fraction of sp³-hybridized carbons (Fsp3) is 0.379. The average molecular weight is 625 g/mol. The number of pyridine rings is 1. The summed E-state index contributed by atoms with van der Waals surface area (Å²) < 4.78 is 12.7. The van der Waals surface area contributed by atoms with Crippen molar-refractivity contribution in [2.24, 2.45) is 0 Å². The molecule has 1 fully saturated rings. The lowest BCUT2D eigenvalue weighted by Crippen LogP contribution is -2.49. The SMILES string of the molecule is C/C=C(\C#N)C(=O)N1CCN(CCCc2nc3c(-c4c(Cl)c(OC)cc(OC)c4Cl)cc4cnc(NC)nc4n3n2)CC1. The zero-order valence-electron chi connectivity index (χ0n) is 24.3. The third kappa shape index (κ3) is 5.88. The van der Waals surface area contributed by atoms with Crippen molar-refractivity contribution in [3.05, 3.63) is 45.8 Å². The zero-order chi connectivity index (χ0) is 30.7. The van der Waals surface area contributed by atoms with Gasteiger partial charge in [0, 0.05) is 68.4 Å². The van der Waals surface area contributed by atoms with Gasteiger partial charge in [-0.25, -0.2) is 9.97 Å². The number of fused-ring (bicyclic) bond motifs is 3. The molecular weight excluding hydrogens is 593 g/mol. The van der Waals surface area contributed by atoms with E-state index in [1.54, 1.807) is 41.7 Å². The van der Waals surface area contributed by atoms with Crippen LogP contribution in [0.15, 0.2) is 30.0 Å². The van der Waals surface area contributed by atoms with Crippen molar-refractivity contribution < 1.29 is 14.3 Å². The number of anilines is 1. The number of methoxy groups -OCH3 is 2. The molecule has 1 aliphatic rings. The molecule has 0 atom stereocenters. The van der Waals surface area contributed by atoms with Gasteiger partial charge in [0.05, 0.1) is 24.3 Å². The Morgan fingerprint density at radius 3 is 2.40 bits per heavy atom. The number of aryl methyl sites for hydroxylation is 1. The van der Waals surface area contributed by atoms with Gasteiger partial charge in [-0.15, -0.1) is 5.10 Å². The van der Waals surface area contributed by atoms with Crippen LogP contribution in [0, 0.1) is 11.3 Å². The molecular formula is C29H31Cl2N9O3. The van der Waals surface area contributed by atoms with Crippen LogP contribution in [-0.4, -0.2) is 94.3 Å². The van der Waals surface area contributed by atoms with Crippen LogP contribution in [0.4, 0.5) is 5.95 Å². The minimum atomic E-state index is -0.208. The van der Waals surface area contributed by atoms with Crippen LogP contribution < -0.4 is 14.8 Å². The Balaban J connectivity index is 1.43. The quantitative estimate of drug-likeness (QED) is 0.213. The van der Waals surface area contributed by atoms with E-state index in [2.05, 4.69) is 20.2 Å². The van der Waals surface area contributed by atoms with Gasteiger partial charge >= 0.3 is 0 Å². The number of nitrogens with zero attached hydrogens (tertiary/aromatic N) is 8. The largest absolute Gasteiger partial charge is 0.495 e. The molecule has 1 N–H and O–H groups in total. The number of carbonyl (C=O) groups is 1. The highest BCUT2D eigenvalue weighted by atomic mass is 35.5. The molecule has 1 amide bonds. The van der Waals surface area contributed by atoms with Gasteiger partial charge in [-0.05, 0) is 26.0 Å². The summed E-state index contributed by atoms with van der Waals surface area (Å²) in [5.74, 6) is 1.71. The maximum absolute atomic E-state index is 12.5. The highest BCUT2D eigenvalue weighted by Gasteiger charge is 2.25. The maximum atomic E-state index is 12.5. The van der Waals surface area contributed by atoms with Gasteiger partial charge in [-0.1, -0.05) is 29.3 Å². The van der Waals surface area contributed by atoms with Gasteiger partial charge < -0.3 is 19.7 Å². The van der Waals surface area contributed by atoms with Crippen molar-refractivity contribution in [1.29, 1.82) is 5.26 Å². The summed E-state index contributed by atoms with van der Waals surface area (Å²) >= 11 is 13.6. The van der Waals surface area contributed by atoms with E-state index in [0.29, 0.717) is 75.2 Å². The molecule has 0 saturated carbocycles. The molecule has 224 valence electrons. The second-order valence-corrected chi connectivity index (χ2v) is 10.6. The molecule has 43 heavy (non-hydrogen) atoms. The molecule has 12 nitrogen and oxygen atoms in total. The summed E-state index contributed by atoms with van der Waals surface area (Å²) in [6, 6.07) is 5.51. The van der Waals surface area contributed by atoms with E-state index in [1.807, 2.05) is 12.1 Å². The van der Waals surface area contributed by atoms with E-state index in [9.17, 15) is 10.1 Å². The summed E-state index contributed by atoms with van der Waals surface area (Å²) in [6.45, 7) is 5.16. The highest BCUT2D eigenvalue weighted by molar-refractivity contribution is 6.41. The summed E-state index contributed by atoms with van der Waals surface area (Å²) in [5, 5.41) is 18.3. The van der Waals surface area contributed by atoms with Crippen molar-refractivity contribution in [2.75, 3.05) is 59.3 Å². The van der Waals surface area contributed by atoms with Crippen LogP contribution in [0.2, 0.25) is 10.0 Å². The van der Waals surface area contributed by atoms with Crippen molar-refractivity contribution in [3.8, 4) is 28.7 Å². The molecule has 14 heteroatoms. The minimum absolute atomic E-state index is 0.181. The maximum Gasteiger partial charge on any atom is 0.264 e. The summed E-state index contributed by atoms with van der Waals surface area (Å²) in [4.78, 5) is 30.4. The number of nitrogens with one attached hydrogen (secondary N) is 1. The van der Waals surface area contributed by atoms with Crippen molar-refractivity contribution in [2.45, 2.75) is 19.8 Å². The Morgan fingerprint density at radius 1 is 1.09 bits per heavy atom. The Morgan fingerprint density at radius 2 is 1.79 bits per heavy atom. The third-order valence-corrected chi connectivity index (χ3v) is 8.18. The van der Waals surface area contributed by atoms with Gasteiger partial charge in [-0.3, -0.25) is 9.69 Å². The second-order valence-electron chi connectivity index (χ2n) is 9.88.